The van der Waals surface area contributed by atoms with Gasteiger partial charge in [0.1, 0.15) is 5.44 Å². The minimum absolute atomic E-state index is 0.138. The standard InChI is InChI=1S/C9H20O2S3/c1-12-6-4-8(10)11-9(14-3)5-7-13-2/h8-10H,4-7H2,1-3H3/t8-,9?/m1/s1. The lowest BCUT2D eigenvalue weighted by atomic mass is 10.4. The quantitative estimate of drug-likeness (QED) is 0.640. The van der Waals surface area contributed by atoms with Gasteiger partial charge in [-0.15, -0.1) is 11.8 Å². The van der Waals surface area contributed by atoms with Crippen LogP contribution in [0.2, 0.25) is 0 Å². The molecule has 0 aliphatic rings. The van der Waals surface area contributed by atoms with Gasteiger partial charge in [0, 0.05) is 6.42 Å². The number of hydrogen-bond donors (Lipinski definition) is 1. The van der Waals surface area contributed by atoms with Crippen molar-refractivity contribution in [2.24, 2.45) is 0 Å². The van der Waals surface area contributed by atoms with Crippen molar-refractivity contribution in [2.45, 2.75) is 24.6 Å². The lowest BCUT2D eigenvalue weighted by Crippen LogP contribution is -2.20. The van der Waals surface area contributed by atoms with E-state index in [0.717, 1.165) is 24.3 Å². The normalized spacial score (nSPS) is 15.4. The molecule has 0 saturated carbocycles. The van der Waals surface area contributed by atoms with Crippen LogP contribution in [-0.2, 0) is 4.74 Å². The zero-order chi connectivity index (χ0) is 10.8. The molecule has 2 nitrogen and oxygen atoms in total. The summed E-state index contributed by atoms with van der Waals surface area (Å²) in [6.07, 6.45) is 7.26. The van der Waals surface area contributed by atoms with Crippen LogP contribution in [0.4, 0.5) is 0 Å². The zero-order valence-electron chi connectivity index (χ0n) is 9.06. The molecular formula is C9H20O2S3. The molecular weight excluding hydrogens is 236 g/mol. The van der Waals surface area contributed by atoms with Gasteiger partial charge in [-0.1, -0.05) is 0 Å². The Morgan fingerprint density at radius 3 is 2.14 bits per heavy atom. The molecule has 0 amide bonds. The maximum atomic E-state index is 9.53. The second-order valence-corrected chi connectivity index (χ2v) is 5.79. The van der Waals surface area contributed by atoms with Crippen molar-refractivity contribution in [2.75, 3.05) is 30.3 Å². The summed E-state index contributed by atoms with van der Waals surface area (Å²) in [5, 5.41) is 9.53. The first-order chi connectivity index (χ1) is 6.74. The Morgan fingerprint density at radius 1 is 1.07 bits per heavy atom. The molecule has 0 aromatic carbocycles. The van der Waals surface area contributed by atoms with Crippen LogP contribution in [0.3, 0.4) is 0 Å². The molecule has 5 heteroatoms. The Balaban J connectivity index is 3.57. The highest BCUT2D eigenvalue weighted by atomic mass is 32.2. The van der Waals surface area contributed by atoms with Gasteiger partial charge in [0.15, 0.2) is 6.29 Å². The SMILES string of the molecule is CSCCC(O[C@@H](O)CCSC)SC. The summed E-state index contributed by atoms with van der Waals surface area (Å²) in [6, 6.07) is 0. The minimum Gasteiger partial charge on any atom is -0.368 e. The highest BCUT2D eigenvalue weighted by molar-refractivity contribution is 7.99. The van der Waals surface area contributed by atoms with Gasteiger partial charge < -0.3 is 9.84 Å². The molecule has 0 bridgehead atoms. The fourth-order valence-corrected chi connectivity index (χ4v) is 2.55. The van der Waals surface area contributed by atoms with Crippen molar-refractivity contribution in [1.82, 2.24) is 0 Å². The smallest absolute Gasteiger partial charge is 0.156 e. The van der Waals surface area contributed by atoms with E-state index >= 15 is 0 Å². The van der Waals surface area contributed by atoms with Crippen LogP contribution in [-0.4, -0.2) is 47.1 Å². The molecule has 1 unspecified atom stereocenters. The molecule has 0 aromatic heterocycles. The summed E-state index contributed by atoms with van der Waals surface area (Å²) in [4.78, 5) is 0. The molecule has 1 N–H and O–H groups in total. The van der Waals surface area contributed by atoms with Gasteiger partial charge >= 0.3 is 0 Å². The monoisotopic (exact) mass is 256 g/mol. The van der Waals surface area contributed by atoms with Crippen LogP contribution in [0.15, 0.2) is 0 Å². The molecule has 0 aliphatic heterocycles. The largest absolute Gasteiger partial charge is 0.368 e. The molecule has 0 aliphatic carbocycles. The van der Waals surface area contributed by atoms with E-state index in [1.54, 1.807) is 23.5 Å². The Morgan fingerprint density at radius 2 is 1.64 bits per heavy atom. The van der Waals surface area contributed by atoms with E-state index in [1.165, 1.54) is 0 Å². The Bertz CT molecular complexity index is 125. The van der Waals surface area contributed by atoms with Crippen LogP contribution in [0.5, 0.6) is 0 Å². The van der Waals surface area contributed by atoms with Crippen LogP contribution in [0.1, 0.15) is 12.8 Å². The second kappa shape index (κ2) is 10.5. The topological polar surface area (TPSA) is 29.5 Å². The first kappa shape index (κ1) is 15.0. The molecule has 0 heterocycles. The Labute approximate surface area is 99.9 Å². The molecule has 0 radical (unpaired) electrons. The number of aliphatic hydroxyl groups is 1. The highest BCUT2D eigenvalue weighted by Gasteiger charge is 2.12. The van der Waals surface area contributed by atoms with Gasteiger partial charge in [-0.2, -0.15) is 23.5 Å². The van der Waals surface area contributed by atoms with Crippen molar-refractivity contribution in [1.29, 1.82) is 0 Å². The molecule has 0 aromatic rings. The third-order valence-corrected chi connectivity index (χ3v) is 3.86. The van der Waals surface area contributed by atoms with E-state index < -0.39 is 6.29 Å². The molecule has 0 spiro atoms. The number of thioether (sulfide) groups is 3. The van der Waals surface area contributed by atoms with Gasteiger partial charge in [0.05, 0.1) is 0 Å². The molecule has 0 saturated heterocycles. The van der Waals surface area contributed by atoms with E-state index in [1.807, 2.05) is 24.3 Å². The summed E-state index contributed by atoms with van der Waals surface area (Å²) < 4.78 is 5.50. The maximum absolute atomic E-state index is 9.53. The van der Waals surface area contributed by atoms with Crippen LogP contribution < -0.4 is 0 Å². The van der Waals surface area contributed by atoms with Gasteiger partial charge in [-0.25, -0.2) is 0 Å². The third kappa shape index (κ3) is 8.29. The minimum atomic E-state index is -0.596. The predicted octanol–water partition coefficient (Wildman–Crippen LogP) is 2.52. The van der Waals surface area contributed by atoms with Gasteiger partial charge in [-0.05, 0) is 36.7 Å². The molecule has 0 rings (SSSR count). The van der Waals surface area contributed by atoms with Crippen molar-refractivity contribution in [3.63, 3.8) is 0 Å². The molecule has 2 atom stereocenters. The highest BCUT2D eigenvalue weighted by Crippen LogP contribution is 2.17. The van der Waals surface area contributed by atoms with Crippen LogP contribution in [0, 0.1) is 0 Å². The molecule has 14 heavy (non-hydrogen) atoms. The van der Waals surface area contributed by atoms with Crippen molar-refractivity contribution in [3.05, 3.63) is 0 Å². The Kier molecular flexibility index (Phi) is 11.2. The fraction of sp³-hybridized carbons (Fsp3) is 1.00. The van der Waals surface area contributed by atoms with Gasteiger partial charge in [0.2, 0.25) is 0 Å². The van der Waals surface area contributed by atoms with E-state index in [4.69, 9.17) is 4.74 Å². The van der Waals surface area contributed by atoms with E-state index in [0.29, 0.717) is 0 Å². The van der Waals surface area contributed by atoms with Crippen molar-refractivity contribution in [3.8, 4) is 0 Å². The predicted molar refractivity (Wildman–Crippen MR) is 70.4 cm³/mol. The number of hydrogen-bond acceptors (Lipinski definition) is 5. The number of aliphatic hydroxyl groups excluding tert-OH is 1. The van der Waals surface area contributed by atoms with Crippen molar-refractivity contribution >= 4 is 35.3 Å². The van der Waals surface area contributed by atoms with Gasteiger partial charge in [-0.3, -0.25) is 0 Å². The van der Waals surface area contributed by atoms with E-state index in [9.17, 15) is 5.11 Å². The number of ether oxygens (including phenoxy) is 1. The summed E-state index contributed by atoms with van der Waals surface area (Å²) in [6.45, 7) is 0. The van der Waals surface area contributed by atoms with Crippen molar-refractivity contribution < 1.29 is 9.84 Å². The lowest BCUT2D eigenvalue weighted by Gasteiger charge is -2.19. The summed E-state index contributed by atoms with van der Waals surface area (Å²) in [5.74, 6) is 2.03. The summed E-state index contributed by atoms with van der Waals surface area (Å²) in [7, 11) is 0. The summed E-state index contributed by atoms with van der Waals surface area (Å²) in [5.41, 5.74) is 0.138. The van der Waals surface area contributed by atoms with Gasteiger partial charge in [0.25, 0.3) is 0 Å². The second-order valence-electron chi connectivity index (χ2n) is 2.82. The first-order valence-electron chi connectivity index (χ1n) is 4.58. The first-order valence-corrected chi connectivity index (χ1v) is 8.66. The average Bonchev–Trinajstić information content (AvgIpc) is 2.21. The van der Waals surface area contributed by atoms with E-state index in [2.05, 4.69) is 6.26 Å². The Hall–Kier alpha value is 0.970. The van der Waals surface area contributed by atoms with Crippen LogP contribution >= 0.6 is 35.3 Å². The zero-order valence-corrected chi connectivity index (χ0v) is 11.5. The van der Waals surface area contributed by atoms with Crippen LogP contribution in [0.25, 0.3) is 0 Å². The molecule has 0 fully saturated rings. The average molecular weight is 256 g/mol. The maximum Gasteiger partial charge on any atom is 0.156 e. The lowest BCUT2D eigenvalue weighted by molar-refractivity contribution is -0.110. The molecule has 86 valence electrons. The third-order valence-electron chi connectivity index (χ3n) is 1.70. The summed E-state index contributed by atoms with van der Waals surface area (Å²) >= 11 is 5.21. The number of rotatable bonds is 9. The van der Waals surface area contributed by atoms with E-state index in [-0.39, 0.29) is 5.44 Å². The fourth-order valence-electron chi connectivity index (χ4n) is 0.917.